The third-order valence-corrected chi connectivity index (χ3v) is 5.02. The van der Waals surface area contributed by atoms with Gasteiger partial charge in [-0.3, -0.25) is 9.59 Å². The molecule has 2 N–H and O–H groups in total. The molecule has 0 fully saturated rings. The molecule has 0 bridgehead atoms. The Morgan fingerprint density at radius 2 is 1.68 bits per heavy atom. The van der Waals surface area contributed by atoms with Crippen LogP contribution in [0.5, 0.6) is 11.5 Å². The van der Waals surface area contributed by atoms with Gasteiger partial charge in [0.25, 0.3) is 0 Å². The highest BCUT2D eigenvalue weighted by molar-refractivity contribution is 6.03. The Morgan fingerprint density at radius 3 is 2.41 bits per heavy atom. The van der Waals surface area contributed by atoms with Gasteiger partial charge in [-0.1, -0.05) is 36.4 Å². The number of rotatable bonds is 10. The molecule has 2 amide bonds. The molecule has 0 radical (unpaired) electrons. The summed E-state index contributed by atoms with van der Waals surface area (Å²) in [6.45, 7) is 6.76. The highest BCUT2D eigenvalue weighted by Crippen LogP contribution is 2.29. The Kier molecular flexibility index (Phi) is 8.80. The first-order chi connectivity index (χ1) is 16.4. The number of hydrogen-bond donors (Lipinski definition) is 2. The average molecular weight is 460 g/mol. The van der Waals surface area contributed by atoms with Crippen LogP contribution in [0.1, 0.15) is 35.6 Å². The normalized spacial score (nSPS) is 10.7. The molecule has 7 heteroatoms. The Morgan fingerprint density at radius 1 is 0.882 bits per heavy atom. The van der Waals surface area contributed by atoms with Crippen molar-refractivity contribution in [3.05, 3.63) is 89.0 Å². The number of hydrazone groups is 1. The molecule has 0 saturated carbocycles. The monoisotopic (exact) mass is 459 g/mol. The first-order valence-electron chi connectivity index (χ1n) is 11.1. The molecule has 7 nitrogen and oxygen atoms in total. The number of aryl methyl sites for hydroxylation is 2. The van der Waals surface area contributed by atoms with Crippen LogP contribution in [0, 0.1) is 13.8 Å². The van der Waals surface area contributed by atoms with Crippen molar-refractivity contribution in [3.63, 3.8) is 0 Å². The lowest BCUT2D eigenvalue weighted by molar-refractivity contribution is -0.126. The van der Waals surface area contributed by atoms with Crippen LogP contribution in [0.3, 0.4) is 0 Å². The molecule has 0 saturated heterocycles. The van der Waals surface area contributed by atoms with Gasteiger partial charge in [0.15, 0.2) is 11.5 Å². The summed E-state index contributed by atoms with van der Waals surface area (Å²) >= 11 is 0. The van der Waals surface area contributed by atoms with E-state index in [0.29, 0.717) is 30.4 Å². The number of hydrogen-bond acceptors (Lipinski definition) is 5. The zero-order valence-electron chi connectivity index (χ0n) is 19.6. The second-order valence-electron chi connectivity index (χ2n) is 7.73. The maximum Gasteiger partial charge on any atom is 0.249 e. The second kappa shape index (κ2) is 12.2. The summed E-state index contributed by atoms with van der Waals surface area (Å²) in [6.07, 6.45) is 1.16. The molecule has 0 aliphatic heterocycles. The first kappa shape index (κ1) is 24.5. The Bertz CT molecular complexity index is 1160. The summed E-state index contributed by atoms with van der Waals surface area (Å²) in [5.74, 6) is 0.288. The van der Waals surface area contributed by atoms with Gasteiger partial charge in [-0.15, -0.1) is 0 Å². The quantitative estimate of drug-likeness (QED) is 0.260. The van der Waals surface area contributed by atoms with Gasteiger partial charge in [0.1, 0.15) is 13.0 Å². The van der Waals surface area contributed by atoms with Crippen LogP contribution in [0.2, 0.25) is 0 Å². The van der Waals surface area contributed by atoms with Gasteiger partial charge < -0.3 is 14.8 Å². The number of anilines is 1. The molecule has 0 atom stereocenters. The van der Waals surface area contributed by atoms with Crippen LogP contribution < -0.4 is 20.2 Å². The molecule has 176 valence electrons. The van der Waals surface area contributed by atoms with Crippen molar-refractivity contribution < 1.29 is 19.1 Å². The topological polar surface area (TPSA) is 89.0 Å². The minimum absolute atomic E-state index is 0.333. The first-order valence-corrected chi connectivity index (χ1v) is 11.1. The number of nitrogens with one attached hydrogen (secondary N) is 2. The smallest absolute Gasteiger partial charge is 0.249 e. The highest BCUT2D eigenvalue weighted by atomic mass is 16.5. The van der Waals surface area contributed by atoms with Crippen LogP contribution in [0.15, 0.2) is 71.8 Å². The Balaban J connectivity index is 1.53. The molecule has 0 aliphatic rings. The van der Waals surface area contributed by atoms with E-state index in [2.05, 4.69) is 15.8 Å². The number of amides is 2. The van der Waals surface area contributed by atoms with Crippen LogP contribution >= 0.6 is 0 Å². The van der Waals surface area contributed by atoms with Crippen LogP contribution in [0.4, 0.5) is 5.69 Å². The van der Waals surface area contributed by atoms with E-state index in [1.165, 1.54) is 6.21 Å². The van der Waals surface area contributed by atoms with Gasteiger partial charge in [-0.05, 0) is 73.4 Å². The van der Waals surface area contributed by atoms with E-state index in [0.717, 1.165) is 22.3 Å². The zero-order valence-corrected chi connectivity index (χ0v) is 19.6. The van der Waals surface area contributed by atoms with Crippen molar-refractivity contribution >= 4 is 23.7 Å². The molecule has 3 rings (SSSR count). The largest absolute Gasteiger partial charge is 0.490 e. The van der Waals surface area contributed by atoms with Gasteiger partial charge in [0, 0.05) is 5.69 Å². The SMILES string of the molecule is CCOc1cc(C=NNC(=O)CC(=O)Nc2ccc(C)c(C)c2)ccc1OCc1ccccc1. The third kappa shape index (κ3) is 7.48. The standard InChI is InChI=1S/C27H29N3O4/c1-4-33-25-15-22(11-13-24(25)34-18-21-8-6-5-7-9-21)17-28-30-27(32)16-26(31)29-23-12-10-19(2)20(3)14-23/h5-15,17H,4,16,18H2,1-3H3,(H,29,31)(H,30,32). The van der Waals surface area contributed by atoms with Crippen molar-refractivity contribution in [1.29, 1.82) is 0 Å². The van der Waals surface area contributed by atoms with E-state index in [1.54, 1.807) is 18.2 Å². The fourth-order valence-corrected chi connectivity index (χ4v) is 3.12. The van der Waals surface area contributed by atoms with E-state index in [4.69, 9.17) is 9.47 Å². The number of benzene rings is 3. The molecule has 3 aromatic carbocycles. The van der Waals surface area contributed by atoms with Gasteiger partial charge in [0.05, 0.1) is 12.8 Å². The van der Waals surface area contributed by atoms with Crippen molar-refractivity contribution in [2.45, 2.75) is 33.8 Å². The molecule has 34 heavy (non-hydrogen) atoms. The highest BCUT2D eigenvalue weighted by Gasteiger charge is 2.10. The minimum atomic E-state index is -0.509. The van der Waals surface area contributed by atoms with Crippen molar-refractivity contribution in [1.82, 2.24) is 5.43 Å². The summed E-state index contributed by atoms with van der Waals surface area (Å²) < 4.78 is 11.6. The predicted octanol–water partition coefficient (Wildman–Crippen LogP) is 4.76. The fraction of sp³-hybridized carbons (Fsp3) is 0.222. The van der Waals surface area contributed by atoms with Crippen LogP contribution in [0.25, 0.3) is 0 Å². The summed E-state index contributed by atoms with van der Waals surface area (Å²) in [5, 5.41) is 6.67. The van der Waals surface area contributed by atoms with Gasteiger partial charge in [-0.2, -0.15) is 5.10 Å². The number of ether oxygens (including phenoxy) is 2. The van der Waals surface area contributed by atoms with E-state index in [1.807, 2.05) is 69.3 Å². The minimum Gasteiger partial charge on any atom is -0.490 e. The summed E-state index contributed by atoms with van der Waals surface area (Å²) in [5.41, 5.74) is 7.00. The summed E-state index contributed by atoms with van der Waals surface area (Å²) in [6, 6.07) is 20.9. The van der Waals surface area contributed by atoms with E-state index < -0.39 is 11.8 Å². The van der Waals surface area contributed by atoms with E-state index in [-0.39, 0.29) is 6.42 Å². The molecule has 0 aliphatic carbocycles. The Labute approximate surface area is 199 Å². The van der Waals surface area contributed by atoms with E-state index >= 15 is 0 Å². The van der Waals surface area contributed by atoms with E-state index in [9.17, 15) is 9.59 Å². The lowest BCUT2D eigenvalue weighted by Crippen LogP contribution is -2.24. The van der Waals surface area contributed by atoms with Crippen LogP contribution in [-0.4, -0.2) is 24.6 Å². The van der Waals surface area contributed by atoms with Gasteiger partial charge >= 0.3 is 0 Å². The van der Waals surface area contributed by atoms with Crippen molar-refractivity contribution in [2.24, 2.45) is 5.10 Å². The molecular weight excluding hydrogens is 430 g/mol. The molecule has 0 unspecified atom stereocenters. The lowest BCUT2D eigenvalue weighted by Gasteiger charge is -2.12. The Hall–Kier alpha value is -4.13. The maximum absolute atomic E-state index is 12.1. The predicted molar refractivity (Wildman–Crippen MR) is 133 cm³/mol. The van der Waals surface area contributed by atoms with Crippen molar-refractivity contribution in [2.75, 3.05) is 11.9 Å². The van der Waals surface area contributed by atoms with Gasteiger partial charge in [0.2, 0.25) is 11.8 Å². The lowest BCUT2D eigenvalue weighted by atomic mass is 10.1. The maximum atomic E-state index is 12.1. The number of carbonyl (C=O) groups excluding carboxylic acids is 2. The average Bonchev–Trinajstić information content (AvgIpc) is 2.82. The summed E-state index contributed by atoms with van der Waals surface area (Å²) in [4.78, 5) is 24.2. The number of nitrogens with zero attached hydrogens (tertiary/aromatic N) is 1. The fourth-order valence-electron chi connectivity index (χ4n) is 3.12. The molecule has 0 aromatic heterocycles. The number of carbonyl (C=O) groups is 2. The van der Waals surface area contributed by atoms with Crippen LogP contribution in [-0.2, 0) is 16.2 Å². The molecule has 0 spiro atoms. The molecule has 0 heterocycles. The third-order valence-electron chi connectivity index (χ3n) is 5.02. The van der Waals surface area contributed by atoms with Gasteiger partial charge in [-0.25, -0.2) is 5.43 Å². The second-order valence-corrected chi connectivity index (χ2v) is 7.73. The zero-order chi connectivity index (χ0) is 24.3. The molecule has 3 aromatic rings. The van der Waals surface area contributed by atoms with Crippen molar-refractivity contribution in [3.8, 4) is 11.5 Å². The summed E-state index contributed by atoms with van der Waals surface area (Å²) in [7, 11) is 0. The molecular formula is C27H29N3O4.